The smallest absolute Gasteiger partial charge is 0.149 e. The second-order valence-electron chi connectivity index (χ2n) is 3.43. The molecule has 0 saturated carbocycles. The lowest BCUT2D eigenvalue weighted by atomic mass is 10.3. The molecule has 0 unspecified atom stereocenters. The topological polar surface area (TPSA) is 60.2 Å². The van der Waals surface area contributed by atoms with Gasteiger partial charge < -0.3 is 15.8 Å². The number of aromatic nitrogens is 1. The number of anilines is 2. The van der Waals surface area contributed by atoms with Crippen molar-refractivity contribution >= 4 is 11.5 Å². The Labute approximate surface area is 90.8 Å². The zero-order valence-electron chi connectivity index (χ0n) is 9.42. The van der Waals surface area contributed by atoms with Crippen molar-refractivity contribution in [1.29, 1.82) is 0 Å². The highest BCUT2D eigenvalue weighted by Crippen LogP contribution is 2.15. The summed E-state index contributed by atoms with van der Waals surface area (Å²) < 4.78 is 5.23. The maximum atomic E-state index is 5.81. The van der Waals surface area contributed by atoms with Crippen molar-refractivity contribution in [1.82, 2.24) is 4.98 Å². The van der Waals surface area contributed by atoms with E-state index in [9.17, 15) is 0 Å². The highest BCUT2D eigenvalue weighted by molar-refractivity contribution is 5.61. The van der Waals surface area contributed by atoms with E-state index in [1.54, 1.807) is 6.20 Å². The first kappa shape index (κ1) is 11.8. The number of aryl methyl sites for hydroxylation is 1. The molecule has 84 valence electrons. The van der Waals surface area contributed by atoms with E-state index in [4.69, 9.17) is 10.5 Å². The predicted molar refractivity (Wildman–Crippen MR) is 63.0 cm³/mol. The Morgan fingerprint density at radius 1 is 1.53 bits per heavy atom. The molecule has 1 rings (SSSR count). The lowest BCUT2D eigenvalue weighted by molar-refractivity contribution is 0.147. The van der Waals surface area contributed by atoms with Gasteiger partial charge in [-0.15, -0.1) is 0 Å². The van der Waals surface area contributed by atoms with E-state index < -0.39 is 0 Å². The molecule has 0 atom stereocenters. The van der Waals surface area contributed by atoms with E-state index in [2.05, 4.69) is 10.3 Å². The Balaban J connectivity index is 2.31. The van der Waals surface area contributed by atoms with Gasteiger partial charge in [-0.25, -0.2) is 4.98 Å². The second kappa shape index (κ2) is 6.24. The number of nitrogen functional groups attached to an aromatic ring is 1. The number of hydrogen-bond acceptors (Lipinski definition) is 4. The minimum Gasteiger partial charge on any atom is -0.396 e. The lowest BCUT2D eigenvalue weighted by Gasteiger charge is -2.08. The van der Waals surface area contributed by atoms with Crippen LogP contribution in [0.15, 0.2) is 12.3 Å². The van der Waals surface area contributed by atoms with Crippen LogP contribution in [-0.2, 0) is 4.74 Å². The summed E-state index contributed by atoms with van der Waals surface area (Å²) >= 11 is 0. The molecule has 3 N–H and O–H groups in total. The molecule has 0 aliphatic carbocycles. The third kappa shape index (κ3) is 4.16. The van der Waals surface area contributed by atoms with Gasteiger partial charge in [-0.2, -0.15) is 0 Å². The Morgan fingerprint density at radius 3 is 3.00 bits per heavy atom. The summed E-state index contributed by atoms with van der Waals surface area (Å²) in [5.74, 6) is 0.761. The van der Waals surface area contributed by atoms with Gasteiger partial charge in [0.15, 0.2) is 0 Å². The van der Waals surface area contributed by atoms with E-state index >= 15 is 0 Å². The molecule has 0 saturated heterocycles. The van der Waals surface area contributed by atoms with E-state index in [0.717, 1.165) is 37.6 Å². The quantitative estimate of drug-likeness (QED) is 0.701. The maximum Gasteiger partial charge on any atom is 0.149 e. The first-order valence-electron chi connectivity index (χ1n) is 5.27. The number of pyridine rings is 1. The monoisotopic (exact) mass is 209 g/mol. The number of ether oxygens (including phenoxy) is 1. The van der Waals surface area contributed by atoms with Gasteiger partial charge in [0.2, 0.25) is 0 Å². The van der Waals surface area contributed by atoms with Gasteiger partial charge in [0.25, 0.3) is 0 Å². The molecule has 0 bridgehead atoms. The Kier molecular flexibility index (Phi) is 4.90. The fourth-order valence-electron chi connectivity index (χ4n) is 1.26. The molecule has 4 nitrogen and oxygen atoms in total. The first-order valence-corrected chi connectivity index (χ1v) is 5.27. The van der Waals surface area contributed by atoms with E-state index in [1.807, 2.05) is 19.9 Å². The van der Waals surface area contributed by atoms with Crippen LogP contribution in [-0.4, -0.2) is 24.7 Å². The number of nitrogens with two attached hydrogens (primary N) is 1. The minimum atomic E-state index is 0.700. The van der Waals surface area contributed by atoms with E-state index in [1.165, 1.54) is 0 Å². The molecule has 0 fully saturated rings. The highest BCUT2D eigenvalue weighted by atomic mass is 16.5. The molecule has 1 aromatic rings. The van der Waals surface area contributed by atoms with Crippen LogP contribution in [0.25, 0.3) is 0 Å². The summed E-state index contributed by atoms with van der Waals surface area (Å²) in [7, 11) is 0. The van der Waals surface area contributed by atoms with Gasteiger partial charge in [-0.1, -0.05) is 0 Å². The van der Waals surface area contributed by atoms with Crippen LogP contribution in [0.2, 0.25) is 0 Å². The van der Waals surface area contributed by atoms with Crippen LogP contribution >= 0.6 is 0 Å². The van der Waals surface area contributed by atoms with Crippen molar-refractivity contribution in [3.05, 3.63) is 17.8 Å². The molecule has 4 heteroatoms. The predicted octanol–water partition coefficient (Wildman–Crippen LogP) is 1.81. The van der Waals surface area contributed by atoms with Gasteiger partial charge in [0.05, 0.1) is 5.69 Å². The van der Waals surface area contributed by atoms with Crippen molar-refractivity contribution in [2.24, 2.45) is 0 Å². The molecular weight excluding hydrogens is 190 g/mol. The SMILES string of the molecule is CCOCCCNc1ncc(C)cc1N. The molecule has 15 heavy (non-hydrogen) atoms. The minimum absolute atomic E-state index is 0.700. The molecule has 0 aliphatic rings. The number of rotatable bonds is 6. The van der Waals surface area contributed by atoms with Gasteiger partial charge in [0, 0.05) is 26.0 Å². The van der Waals surface area contributed by atoms with Gasteiger partial charge in [-0.3, -0.25) is 0 Å². The Bertz CT molecular complexity index is 302. The van der Waals surface area contributed by atoms with Crippen LogP contribution in [0, 0.1) is 6.92 Å². The van der Waals surface area contributed by atoms with Crippen molar-refractivity contribution in [3.63, 3.8) is 0 Å². The van der Waals surface area contributed by atoms with Crippen molar-refractivity contribution in [2.75, 3.05) is 30.8 Å². The highest BCUT2D eigenvalue weighted by Gasteiger charge is 1.99. The van der Waals surface area contributed by atoms with Gasteiger partial charge in [0.1, 0.15) is 5.82 Å². The fraction of sp³-hybridized carbons (Fsp3) is 0.545. The van der Waals surface area contributed by atoms with Crippen LogP contribution in [0.1, 0.15) is 18.9 Å². The molecule has 1 aromatic heterocycles. The molecule has 0 amide bonds. The summed E-state index contributed by atoms with van der Waals surface area (Å²) in [4.78, 5) is 4.22. The molecule has 0 spiro atoms. The standard InChI is InChI=1S/C11H19N3O/c1-3-15-6-4-5-13-11-10(12)7-9(2)8-14-11/h7-8H,3-6,12H2,1-2H3,(H,13,14). The third-order valence-electron chi connectivity index (χ3n) is 2.02. The summed E-state index contributed by atoms with van der Waals surface area (Å²) in [5.41, 5.74) is 7.58. The normalized spacial score (nSPS) is 10.3. The van der Waals surface area contributed by atoms with Crippen LogP contribution in [0.5, 0.6) is 0 Å². The van der Waals surface area contributed by atoms with Gasteiger partial charge in [-0.05, 0) is 31.9 Å². The molecule has 0 aromatic carbocycles. The zero-order chi connectivity index (χ0) is 11.1. The molecule has 1 heterocycles. The largest absolute Gasteiger partial charge is 0.396 e. The Morgan fingerprint density at radius 2 is 2.33 bits per heavy atom. The summed E-state index contributed by atoms with van der Waals surface area (Å²) in [6, 6.07) is 1.91. The van der Waals surface area contributed by atoms with Crippen molar-refractivity contribution < 1.29 is 4.74 Å². The number of hydrogen-bond donors (Lipinski definition) is 2. The van der Waals surface area contributed by atoms with Gasteiger partial charge >= 0.3 is 0 Å². The van der Waals surface area contributed by atoms with Crippen molar-refractivity contribution in [2.45, 2.75) is 20.3 Å². The number of nitrogens with zero attached hydrogens (tertiary/aromatic N) is 1. The first-order chi connectivity index (χ1) is 7.24. The van der Waals surface area contributed by atoms with Crippen LogP contribution < -0.4 is 11.1 Å². The maximum absolute atomic E-state index is 5.81. The molecule has 0 radical (unpaired) electrons. The summed E-state index contributed by atoms with van der Waals surface area (Å²) in [6.45, 7) is 6.34. The molecular formula is C11H19N3O. The average molecular weight is 209 g/mol. The molecule has 0 aliphatic heterocycles. The second-order valence-corrected chi connectivity index (χ2v) is 3.43. The summed E-state index contributed by atoms with van der Waals surface area (Å²) in [5, 5.41) is 3.18. The van der Waals surface area contributed by atoms with Crippen LogP contribution in [0.3, 0.4) is 0 Å². The van der Waals surface area contributed by atoms with Crippen LogP contribution in [0.4, 0.5) is 11.5 Å². The zero-order valence-corrected chi connectivity index (χ0v) is 9.42. The fourth-order valence-corrected chi connectivity index (χ4v) is 1.26. The third-order valence-corrected chi connectivity index (χ3v) is 2.02. The average Bonchev–Trinajstić information content (AvgIpc) is 2.20. The number of nitrogens with one attached hydrogen (secondary N) is 1. The summed E-state index contributed by atoms with van der Waals surface area (Å²) in [6.07, 6.45) is 2.77. The van der Waals surface area contributed by atoms with E-state index in [0.29, 0.717) is 5.69 Å². The Hall–Kier alpha value is -1.29. The van der Waals surface area contributed by atoms with Crippen molar-refractivity contribution in [3.8, 4) is 0 Å². The van der Waals surface area contributed by atoms with E-state index in [-0.39, 0.29) is 0 Å². The lowest BCUT2D eigenvalue weighted by Crippen LogP contribution is -2.08.